The molecule has 0 saturated carbocycles. The molecule has 1 unspecified atom stereocenters. The van der Waals surface area contributed by atoms with Gasteiger partial charge in [0.1, 0.15) is 5.75 Å². The molecule has 4 nitrogen and oxygen atoms in total. The number of carbonyl (C=O) groups is 1. The Morgan fingerprint density at radius 2 is 2.00 bits per heavy atom. The van der Waals surface area contributed by atoms with Gasteiger partial charge in [-0.15, -0.1) is 0 Å². The van der Waals surface area contributed by atoms with Gasteiger partial charge in [0.2, 0.25) is 0 Å². The van der Waals surface area contributed by atoms with Crippen molar-refractivity contribution in [2.24, 2.45) is 5.73 Å². The zero-order chi connectivity index (χ0) is 13.0. The SMILES string of the molecule is COc1ccc(C2CCCCCN2C(N)=O)cc1. The molecule has 0 aliphatic carbocycles. The molecule has 1 heterocycles. The number of carbonyl (C=O) groups excluding carboxylic acids is 1. The van der Waals surface area contributed by atoms with Gasteiger partial charge in [0.25, 0.3) is 0 Å². The van der Waals surface area contributed by atoms with Gasteiger partial charge in [0.05, 0.1) is 13.2 Å². The zero-order valence-electron chi connectivity index (χ0n) is 10.8. The van der Waals surface area contributed by atoms with E-state index in [1.165, 1.54) is 0 Å². The van der Waals surface area contributed by atoms with E-state index < -0.39 is 0 Å². The highest BCUT2D eigenvalue weighted by Crippen LogP contribution is 2.30. The predicted molar refractivity (Wildman–Crippen MR) is 70.5 cm³/mol. The first kappa shape index (κ1) is 12.7. The largest absolute Gasteiger partial charge is 0.497 e. The molecule has 1 aromatic rings. The molecule has 0 bridgehead atoms. The summed E-state index contributed by atoms with van der Waals surface area (Å²) in [5.41, 5.74) is 6.62. The molecule has 98 valence electrons. The lowest BCUT2D eigenvalue weighted by molar-refractivity contribution is 0.185. The molecule has 4 heteroatoms. The van der Waals surface area contributed by atoms with Crippen LogP contribution < -0.4 is 10.5 Å². The van der Waals surface area contributed by atoms with Crippen molar-refractivity contribution in [1.82, 2.24) is 4.90 Å². The van der Waals surface area contributed by atoms with Crippen molar-refractivity contribution in [3.8, 4) is 5.75 Å². The second-order valence-corrected chi connectivity index (χ2v) is 4.67. The Morgan fingerprint density at radius 1 is 1.28 bits per heavy atom. The Labute approximate surface area is 108 Å². The van der Waals surface area contributed by atoms with Gasteiger partial charge in [-0.2, -0.15) is 0 Å². The molecular weight excluding hydrogens is 228 g/mol. The summed E-state index contributed by atoms with van der Waals surface area (Å²) in [4.78, 5) is 13.3. The normalized spacial score (nSPS) is 20.3. The van der Waals surface area contributed by atoms with Gasteiger partial charge >= 0.3 is 6.03 Å². The van der Waals surface area contributed by atoms with Crippen molar-refractivity contribution in [2.45, 2.75) is 31.7 Å². The maximum atomic E-state index is 11.5. The number of hydrogen-bond acceptors (Lipinski definition) is 2. The minimum atomic E-state index is -0.322. The molecule has 18 heavy (non-hydrogen) atoms. The van der Waals surface area contributed by atoms with E-state index in [4.69, 9.17) is 10.5 Å². The zero-order valence-corrected chi connectivity index (χ0v) is 10.8. The van der Waals surface area contributed by atoms with Gasteiger partial charge in [0, 0.05) is 6.54 Å². The van der Waals surface area contributed by atoms with E-state index in [9.17, 15) is 4.79 Å². The second kappa shape index (κ2) is 5.76. The van der Waals surface area contributed by atoms with E-state index in [1.807, 2.05) is 24.3 Å². The monoisotopic (exact) mass is 248 g/mol. The summed E-state index contributed by atoms with van der Waals surface area (Å²) in [5.74, 6) is 0.831. The van der Waals surface area contributed by atoms with E-state index in [2.05, 4.69) is 0 Å². The molecule has 1 atom stereocenters. The van der Waals surface area contributed by atoms with Crippen molar-refractivity contribution < 1.29 is 9.53 Å². The summed E-state index contributed by atoms with van der Waals surface area (Å²) in [6, 6.07) is 7.68. The van der Waals surface area contributed by atoms with E-state index in [0.717, 1.165) is 43.5 Å². The number of amides is 2. The molecule has 1 aliphatic rings. The summed E-state index contributed by atoms with van der Waals surface area (Å²) in [6.07, 6.45) is 4.32. The van der Waals surface area contributed by atoms with Gasteiger partial charge in [-0.05, 0) is 30.5 Å². The molecule has 1 aromatic carbocycles. The summed E-state index contributed by atoms with van der Waals surface area (Å²) in [6.45, 7) is 0.756. The fourth-order valence-corrected chi connectivity index (χ4v) is 2.54. The third kappa shape index (κ3) is 2.75. The number of primary amides is 1. The van der Waals surface area contributed by atoms with Gasteiger partial charge in [0.15, 0.2) is 0 Å². The molecular formula is C14H20N2O2. The van der Waals surface area contributed by atoms with Crippen LogP contribution in [0.25, 0.3) is 0 Å². The van der Waals surface area contributed by atoms with Gasteiger partial charge in [-0.3, -0.25) is 0 Å². The average Bonchev–Trinajstić information content (AvgIpc) is 2.64. The van der Waals surface area contributed by atoms with Crippen LogP contribution in [0.15, 0.2) is 24.3 Å². The number of hydrogen-bond donors (Lipinski definition) is 1. The molecule has 2 N–H and O–H groups in total. The average molecular weight is 248 g/mol. The van der Waals surface area contributed by atoms with Crippen LogP contribution in [0.5, 0.6) is 5.75 Å². The van der Waals surface area contributed by atoms with Crippen molar-refractivity contribution in [2.75, 3.05) is 13.7 Å². The van der Waals surface area contributed by atoms with Crippen LogP contribution in [0.3, 0.4) is 0 Å². The van der Waals surface area contributed by atoms with Crippen molar-refractivity contribution >= 4 is 6.03 Å². The number of ether oxygens (including phenoxy) is 1. The van der Waals surface area contributed by atoms with E-state index in [1.54, 1.807) is 12.0 Å². The Bertz CT molecular complexity index is 403. The first-order chi connectivity index (χ1) is 8.72. The van der Waals surface area contributed by atoms with Crippen LogP contribution in [-0.4, -0.2) is 24.6 Å². The molecule has 0 spiro atoms. The number of nitrogens with zero attached hydrogens (tertiary/aromatic N) is 1. The quantitative estimate of drug-likeness (QED) is 0.874. The fourth-order valence-electron chi connectivity index (χ4n) is 2.54. The number of rotatable bonds is 2. The van der Waals surface area contributed by atoms with Crippen LogP contribution in [0, 0.1) is 0 Å². The molecule has 1 fully saturated rings. The van der Waals surface area contributed by atoms with Crippen molar-refractivity contribution in [3.63, 3.8) is 0 Å². The first-order valence-corrected chi connectivity index (χ1v) is 6.42. The minimum absolute atomic E-state index is 0.107. The molecule has 0 aromatic heterocycles. The summed E-state index contributed by atoms with van der Waals surface area (Å²) in [5, 5.41) is 0. The highest BCUT2D eigenvalue weighted by molar-refractivity contribution is 5.72. The number of urea groups is 1. The first-order valence-electron chi connectivity index (χ1n) is 6.42. The number of benzene rings is 1. The Balaban J connectivity index is 2.23. The molecule has 1 aliphatic heterocycles. The maximum Gasteiger partial charge on any atom is 0.315 e. The lowest BCUT2D eigenvalue weighted by atomic mass is 10.0. The highest BCUT2D eigenvalue weighted by atomic mass is 16.5. The smallest absolute Gasteiger partial charge is 0.315 e. The maximum absolute atomic E-state index is 11.5. The van der Waals surface area contributed by atoms with E-state index >= 15 is 0 Å². The minimum Gasteiger partial charge on any atom is -0.497 e. The highest BCUT2D eigenvalue weighted by Gasteiger charge is 2.24. The molecule has 1 saturated heterocycles. The third-order valence-corrected chi connectivity index (χ3v) is 3.54. The second-order valence-electron chi connectivity index (χ2n) is 4.67. The number of likely N-dealkylation sites (tertiary alicyclic amines) is 1. The fraction of sp³-hybridized carbons (Fsp3) is 0.500. The van der Waals surface area contributed by atoms with Gasteiger partial charge in [-0.1, -0.05) is 25.0 Å². The van der Waals surface area contributed by atoms with Gasteiger partial charge in [-0.25, -0.2) is 4.79 Å². The number of methoxy groups -OCH3 is 1. The van der Waals surface area contributed by atoms with Crippen LogP contribution in [-0.2, 0) is 0 Å². The lowest BCUT2D eigenvalue weighted by Crippen LogP contribution is -2.38. The Kier molecular flexibility index (Phi) is 4.07. The lowest BCUT2D eigenvalue weighted by Gasteiger charge is -2.28. The van der Waals surface area contributed by atoms with E-state index in [0.29, 0.717) is 0 Å². The van der Waals surface area contributed by atoms with Crippen molar-refractivity contribution in [1.29, 1.82) is 0 Å². The van der Waals surface area contributed by atoms with E-state index in [-0.39, 0.29) is 12.1 Å². The number of nitrogens with two attached hydrogens (primary N) is 1. The summed E-state index contributed by atoms with van der Waals surface area (Å²) < 4.78 is 5.15. The molecule has 2 amide bonds. The summed E-state index contributed by atoms with van der Waals surface area (Å²) >= 11 is 0. The third-order valence-electron chi connectivity index (χ3n) is 3.54. The van der Waals surface area contributed by atoms with Crippen LogP contribution in [0.1, 0.15) is 37.3 Å². The Hall–Kier alpha value is -1.71. The topological polar surface area (TPSA) is 55.6 Å². The molecule has 2 rings (SSSR count). The van der Waals surface area contributed by atoms with Crippen LogP contribution in [0.4, 0.5) is 4.79 Å². The Morgan fingerprint density at radius 3 is 2.61 bits per heavy atom. The van der Waals surface area contributed by atoms with Crippen molar-refractivity contribution in [3.05, 3.63) is 29.8 Å². The molecule has 0 radical (unpaired) electrons. The van der Waals surface area contributed by atoms with Crippen LogP contribution >= 0.6 is 0 Å². The standard InChI is InChI=1S/C14H20N2O2/c1-18-12-8-6-11(7-9-12)13-5-3-2-4-10-16(13)14(15)17/h6-9,13H,2-5,10H2,1H3,(H2,15,17). The predicted octanol–water partition coefficient (Wildman–Crippen LogP) is 2.69. The van der Waals surface area contributed by atoms with Gasteiger partial charge < -0.3 is 15.4 Å². The summed E-state index contributed by atoms with van der Waals surface area (Å²) in [7, 11) is 1.65. The van der Waals surface area contributed by atoms with Crippen LogP contribution in [0.2, 0.25) is 0 Å².